The fraction of sp³-hybridized carbons (Fsp3) is 1.00. The van der Waals surface area contributed by atoms with E-state index in [2.05, 4.69) is 0 Å². The number of hydrogen-bond donors (Lipinski definition) is 1. The fourth-order valence-electron chi connectivity index (χ4n) is 1.22. The molecule has 0 spiro atoms. The van der Waals surface area contributed by atoms with Crippen LogP contribution in [0, 0.1) is 5.92 Å². The minimum atomic E-state index is -3.93. The molecule has 2 unspecified atom stereocenters. The van der Waals surface area contributed by atoms with Gasteiger partial charge in [0.2, 0.25) is 0 Å². The van der Waals surface area contributed by atoms with Crippen LogP contribution in [0.25, 0.3) is 0 Å². The average molecular weight is 194 g/mol. The molecule has 0 saturated heterocycles. The van der Waals surface area contributed by atoms with Crippen molar-refractivity contribution in [3.8, 4) is 0 Å². The Morgan fingerprint density at radius 3 is 1.92 bits per heavy atom. The third-order valence-electron chi connectivity index (χ3n) is 2.95. The minimum absolute atomic E-state index is 0.0162. The van der Waals surface area contributed by atoms with Gasteiger partial charge in [-0.25, -0.2) is 0 Å². The molecule has 0 radical (unpaired) electrons. The van der Waals surface area contributed by atoms with Crippen LogP contribution in [0.4, 0.5) is 0 Å². The van der Waals surface area contributed by atoms with Crippen molar-refractivity contribution < 1.29 is 13.0 Å². The molecule has 12 heavy (non-hydrogen) atoms. The van der Waals surface area contributed by atoms with E-state index in [9.17, 15) is 8.42 Å². The Kier molecular flexibility index (Phi) is 3.72. The summed E-state index contributed by atoms with van der Waals surface area (Å²) in [5.74, 6) is -0.0162. The van der Waals surface area contributed by atoms with Gasteiger partial charge in [-0.2, -0.15) is 8.42 Å². The van der Waals surface area contributed by atoms with Crippen molar-refractivity contribution in [2.75, 3.05) is 0 Å². The van der Waals surface area contributed by atoms with Crippen molar-refractivity contribution in [1.82, 2.24) is 0 Å². The van der Waals surface area contributed by atoms with Gasteiger partial charge in [0.05, 0.1) is 4.75 Å². The van der Waals surface area contributed by atoms with Crippen LogP contribution >= 0.6 is 0 Å². The lowest BCUT2D eigenvalue weighted by atomic mass is 9.90. The first-order valence-electron chi connectivity index (χ1n) is 4.26. The average Bonchev–Trinajstić information content (AvgIpc) is 1.99. The maximum atomic E-state index is 11.0. The van der Waals surface area contributed by atoms with E-state index in [1.807, 2.05) is 13.8 Å². The molecule has 0 heterocycles. The van der Waals surface area contributed by atoms with Crippen LogP contribution in [0.2, 0.25) is 0 Å². The summed E-state index contributed by atoms with van der Waals surface area (Å²) in [6.07, 6.45) is 1.20. The molecule has 0 fully saturated rings. The van der Waals surface area contributed by atoms with Crippen molar-refractivity contribution in [2.24, 2.45) is 5.92 Å². The zero-order valence-electron chi connectivity index (χ0n) is 8.16. The summed E-state index contributed by atoms with van der Waals surface area (Å²) < 4.78 is 30.1. The smallest absolute Gasteiger partial charge is 0.270 e. The highest BCUT2D eigenvalue weighted by Gasteiger charge is 2.40. The molecule has 0 aliphatic rings. The molecule has 0 aliphatic heterocycles. The molecule has 0 amide bonds. The Bertz CT molecular complexity index is 233. The lowest BCUT2D eigenvalue weighted by Crippen LogP contribution is -2.40. The second-order valence-electron chi connectivity index (χ2n) is 3.45. The minimum Gasteiger partial charge on any atom is -0.285 e. The van der Waals surface area contributed by atoms with Gasteiger partial charge in [0.1, 0.15) is 0 Å². The maximum absolute atomic E-state index is 11.0. The van der Waals surface area contributed by atoms with Crippen LogP contribution in [0.3, 0.4) is 0 Å². The van der Waals surface area contributed by atoms with Crippen molar-refractivity contribution in [1.29, 1.82) is 0 Å². The van der Waals surface area contributed by atoms with E-state index in [1.165, 1.54) is 0 Å². The molecule has 0 aromatic rings. The number of hydrogen-bond acceptors (Lipinski definition) is 2. The fourth-order valence-corrected chi connectivity index (χ4v) is 2.26. The van der Waals surface area contributed by atoms with Crippen LogP contribution in [0.5, 0.6) is 0 Å². The standard InChI is InChI=1S/C8H18O3S/c1-5-7(3)8(4,6-2)12(9,10)11/h7H,5-6H2,1-4H3,(H,9,10,11). The van der Waals surface area contributed by atoms with Crippen LogP contribution in [0.1, 0.15) is 40.5 Å². The molecule has 2 atom stereocenters. The first-order chi connectivity index (χ1) is 5.29. The van der Waals surface area contributed by atoms with Gasteiger partial charge in [0.15, 0.2) is 0 Å². The van der Waals surface area contributed by atoms with Crippen LogP contribution in [-0.4, -0.2) is 17.7 Å². The van der Waals surface area contributed by atoms with Crippen molar-refractivity contribution >= 4 is 10.1 Å². The quantitative estimate of drug-likeness (QED) is 0.697. The monoisotopic (exact) mass is 194 g/mol. The zero-order valence-corrected chi connectivity index (χ0v) is 8.98. The third kappa shape index (κ3) is 1.98. The second-order valence-corrected chi connectivity index (χ2v) is 5.33. The summed E-state index contributed by atoms with van der Waals surface area (Å²) in [5, 5.41) is 0. The molecule has 4 heteroatoms. The molecule has 0 saturated carbocycles. The predicted molar refractivity (Wildman–Crippen MR) is 49.7 cm³/mol. The first kappa shape index (κ1) is 11.9. The number of rotatable bonds is 4. The summed E-state index contributed by atoms with van der Waals surface area (Å²) in [7, 11) is -3.93. The third-order valence-corrected chi connectivity index (χ3v) is 4.82. The van der Waals surface area contributed by atoms with E-state index in [0.717, 1.165) is 6.42 Å². The Balaban J connectivity index is 4.94. The summed E-state index contributed by atoms with van der Waals surface area (Å²) in [4.78, 5) is 0. The molecule has 0 aromatic carbocycles. The highest BCUT2D eigenvalue weighted by atomic mass is 32.2. The van der Waals surface area contributed by atoms with E-state index in [1.54, 1.807) is 13.8 Å². The SMILES string of the molecule is CCC(C)C(C)(CC)S(=O)(=O)O. The topological polar surface area (TPSA) is 54.4 Å². The van der Waals surface area contributed by atoms with E-state index in [-0.39, 0.29) is 5.92 Å². The zero-order chi connectivity index (χ0) is 9.99. The molecule has 74 valence electrons. The molecule has 0 aromatic heterocycles. The normalized spacial score (nSPS) is 20.1. The molecule has 0 rings (SSSR count). The van der Waals surface area contributed by atoms with Gasteiger partial charge in [-0.05, 0) is 19.3 Å². The second kappa shape index (κ2) is 3.75. The van der Waals surface area contributed by atoms with Crippen LogP contribution in [-0.2, 0) is 10.1 Å². The lowest BCUT2D eigenvalue weighted by Gasteiger charge is -2.30. The Morgan fingerprint density at radius 1 is 1.42 bits per heavy atom. The summed E-state index contributed by atoms with van der Waals surface area (Å²) in [5.41, 5.74) is 0. The summed E-state index contributed by atoms with van der Waals surface area (Å²) in [6.45, 7) is 7.14. The van der Waals surface area contributed by atoms with Gasteiger partial charge >= 0.3 is 0 Å². The van der Waals surface area contributed by atoms with Gasteiger partial charge in [0, 0.05) is 0 Å². The van der Waals surface area contributed by atoms with Gasteiger partial charge in [-0.15, -0.1) is 0 Å². The van der Waals surface area contributed by atoms with E-state index >= 15 is 0 Å². The van der Waals surface area contributed by atoms with Gasteiger partial charge < -0.3 is 0 Å². The highest BCUT2D eigenvalue weighted by molar-refractivity contribution is 7.87. The van der Waals surface area contributed by atoms with Crippen LogP contribution < -0.4 is 0 Å². The molecule has 0 aliphatic carbocycles. The largest absolute Gasteiger partial charge is 0.285 e. The summed E-state index contributed by atoms with van der Waals surface area (Å²) in [6, 6.07) is 0. The molecule has 0 bridgehead atoms. The van der Waals surface area contributed by atoms with Crippen molar-refractivity contribution in [3.05, 3.63) is 0 Å². The Morgan fingerprint density at radius 2 is 1.83 bits per heavy atom. The first-order valence-corrected chi connectivity index (χ1v) is 5.70. The highest BCUT2D eigenvalue weighted by Crippen LogP contribution is 2.31. The Labute approximate surface area is 74.9 Å². The lowest BCUT2D eigenvalue weighted by molar-refractivity contribution is 0.343. The maximum Gasteiger partial charge on any atom is 0.270 e. The van der Waals surface area contributed by atoms with E-state index in [4.69, 9.17) is 4.55 Å². The van der Waals surface area contributed by atoms with Gasteiger partial charge in [-0.3, -0.25) is 4.55 Å². The van der Waals surface area contributed by atoms with Crippen molar-refractivity contribution in [2.45, 2.75) is 45.3 Å². The molecular weight excluding hydrogens is 176 g/mol. The Hall–Kier alpha value is -0.0900. The molecular formula is C8H18O3S. The van der Waals surface area contributed by atoms with Crippen LogP contribution in [0.15, 0.2) is 0 Å². The van der Waals surface area contributed by atoms with Gasteiger partial charge in [-0.1, -0.05) is 27.2 Å². The molecule has 1 N–H and O–H groups in total. The summed E-state index contributed by atoms with van der Waals surface area (Å²) >= 11 is 0. The van der Waals surface area contributed by atoms with E-state index in [0.29, 0.717) is 6.42 Å². The van der Waals surface area contributed by atoms with E-state index < -0.39 is 14.9 Å². The molecule has 3 nitrogen and oxygen atoms in total. The van der Waals surface area contributed by atoms with Gasteiger partial charge in [0.25, 0.3) is 10.1 Å². The predicted octanol–water partition coefficient (Wildman–Crippen LogP) is 2.09. The van der Waals surface area contributed by atoms with Crippen molar-refractivity contribution in [3.63, 3.8) is 0 Å².